The number of fused-ring (bicyclic) bond motifs is 1. The molecule has 0 saturated carbocycles. The number of rotatable bonds is 2. The maximum Gasteiger partial charge on any atom is 0.212 e. The van der Waals surface area contributed by atoms with Crippen molar-refractivity contribution in [2.24, 2.45) is 7.05 Å². The maximum atomic E-state index is 2.23. The summed E-state index contributed by atoms with van der Waals surface area (Å²) in [4.78, 5) is 0. The third-order valence-electron chi connectivity index (χ3n) is 4.06. The van der Waals surface area contributed by atoms with Crippen LogP contribution in [0.4, 0.5) is 0 Å². The van der Waals surface area contributed by atoms with Gasteiger partial charge in [0.2, 0.25) is 5.52 Å². The fraction of sp³-hybridized carbons (Fsp3) is 0.150. The predicted molar refractivity (Wildman–Crippen MR) is 90.0 cm³/mol. The molecule has 0 N–H and O–H groups in total. The van der Waals surface area contributed by atoms with Crippen molar-refractivity contribution < 1.29 is 28.5 Å². The molecule has 0 bridgehead atoms. The standard InChI is InChI=1S/C20H20N.HI/c1-15-8-9-17(14-16(15)2)10-11-18-12-13-21(3)20-7-5-4-6-19(18)20;/h4-14H,1-3H3;1H/q+1;/p-1. The number of pyridine rings is 1. The van der Waals surface area contributed by atoms with E-state index in [-0.39, 0.29) is 24.0 Å². The molecule has 112 valence electrons. The molecule has 0 fully saturated rings. The average molecular weight is 401 g/mol. The summed E-state index contributed by atoms with van der Waals surface area (Å²) in [6.45, 7) is 4.30. The van der Waals surface area contributed by atoms with E-state index in [4.69, 9.17) is 0 Å². The molecular formula is C20H20IN. The Morgan fingerprint density at radius 1 is 0.864 bits per heavy atom. The molecule has 3 aromatic rings. The molecule has 22 heavy (non-hydrogen) atoms. The quantitative estimate of drug-likeness (QED) is 0.452. The predicted octanol–water partition coefficient (Wildman–Crippen LogP) is 1.46. The zero-order valence-electron chi connectivity index (χ0n) is 13.2. The van der Waals surface area contributed by atoms with Crippen molar-refractivity contribution >= 4 is 23.1 Å². The Bertz CT molecular complexity index is 834. The zero-order valence-corrected chi connectivity index (χ0v) is 15.3. The normalized spacial score (nSPS) is 10.9. The Kier molecular flexibility index (Phi) is 5.35. The molecule has 2 heteroatoms. The van der Waals surface area contributed by atoms with Crippen molar-refractivity contribution in [2.75, 3.05) is 0 Å². The van der Waals surface area contributed by atoms with Crippen molar-refractivity contribution in [1.29, 1.82) is 0 Å². The largest absolute Gasteiger partial charge is 1.00 e. The Morgan fingerprint density at radius 2 is 1.64 bits per heavy atom. The number of hydrogen-bond acceptors (Lipinski definition) is 0. The van der Waals surface area contributed by atoms with Gasteiger partial charge in [-0.1, -0.05) is 42.5 Å². The summed E-state index contributed by atoms with van der Waals surface area (Å²) in [6.07, 6.45) is 6.50. The molecule has 0 spiro atoms. The van der Waals surface area contributed by atoms with Crippen LogP contribution in [0.25, 0.3) is 23.1 Å². The van der Waals surface area contributed by atoms with E-state index in [1.807, 2.05) is 0 Å². The molecule has 0 aliphatic carbocycles. The van der Waals surface area contributed by atoms with E-state index in [0.717, 1.165) is 0 Å². The van der Waals surface area contributed by atoms with Gasteiger partial charge in [-0.15, -0.1) is 0 Å². The Labute approximate surface area is 149 Å². The number of para-hydroxylation sites is 1. The molecule has 3 rings (SSSR count). The lowest BCUT2D eigenvalue weighted by Crippen LogP contribution is -3.00. The van der Waals surface area contributed by atoms with E-state index < -0.39 is 0 Å². The van der Waals surface area contributed by atoms with E-state index in [9.17, 15) is 0 Å². The van der Waals surface area contributed by atoms with Crippen LogP contribution >= 0.6 is 0 Å². The topological polar surface area (TPSA) is 3.88 Å². The SMILES string of the molecule is Cc1ccc(C=Cc2cc[n+](C)c3ccccc23)cc1C.[I-]. The van der Waals surface area contributed by atoms with Gasteiger partial charge in [-0.25, -0.2) is 4.57 Å². The number of nitrogens with zero attached hydrogens (tertiary/aromatic N) is 1. The van der Waals surface area contributed by atoms with Gasteiger partial charge in [0, 0.05) is 12.1 Å². The third-order valence-corrected chi connectivity index (χ3v) is 4.06. The van der Waals surface area contributed by atoms with Gasteiger partial charge in [-0.3, -0.25) is 0 Å². The van der Waals surface area contributed by atoms with Gasteiger partial charge in [-0.05, 0) is 42.2 Å². The molecular weight excluding hydrogens is 381 g/mol. The zero-order chi connectivity index (χ0) is 14.8. The highest BCUT2D eigenvalue weighted by molar-refractivity contribution is 5.88. The lowest BCUT2D eigenvalue weighted by molar-refractivity contribution is -0.644. The van der Waals surface area contributed by atoms with E-state index in [1.54, 1.807) is 0 Å². The maximum absolute atomic E-state index is 2.23. The van der Waals surface area contributed by atoms with Gasteiger partial charge < -0.3 is 24.0 Å². The smallest absolute Gasteiger partial charge is 0.212 e. The van der Waals surface area contributed by atoms with Crippen molar-refractivity contribution in [1.82, 2.24) is 0 Å². The fourth-order valence-corrected chi connectivity index (χ4v) is 2.59. The molecule has 0 saturated heterocycles. The van der Waals surface area contributed by atoms with Gasteiger partial charge in [-0.2, -0.15) is 0 Å². The molecule has 2 aromatic carbocycles. The summed E-state index contributed by atoms with van der Waals surface area (Å²) in [5, 5.41) is 1.28. The van der Waals surface area contributed by atoms with Crippen LogP contribution in [0.5, 0.6) is 0 Å². The van der Waals surface area contributed by atoms with Gasteiger partial charge >= 0.3 is 0 Å². The lowest BCUT2D eigenvalue weighted by Gasteiger charge is -2.02. The number of aryl methyl sites for hydroxylation is 3. The van der Waals surface area contributed by atoms with Crippen LogP contribution in [0.2, 0.25) is 0 Å². The molecule has 0 unspecified atom stereocenters. The summed E-state index contributed by atoms with van der Waals surface area (Å²) in [7, 11) is 2.08. The summed E-state index contributed by atoms with van der Waals surface area (Å²) in [5.74, 6) is 0. The number of hydrogen-bond donors (Lipinski definition) is 0. The molecule has 0 amide bonds. The van der Waals surface area contributed by atoms with Crippen LogP contribution in [-0.4, -0.2) is 0 Å². The highest BCUT2D eigenvalue weighted by Gasteiger charge is 2.06. The number of benzene rings is 2. The third kappa shape index (κ3) is 3.38. The minimum absolute atomic E-state index is 0. The van der Waals surface area contributed by atoms with Crippen molar-refractivity contribution in [2.45, 2.75) is 13.8 Å². The molecule has 1 nitrogen and oxygen atoms in total. The highest BCUT2D eigenvalue weighted by Crippen LogP contribution is 2.18. The van der Waals surface area contributed by atoms with E-state index in [1.165, 1.54) is 33.2 Å². The van der Waals surface area contributed by atoms with Gasteiger partial charge in [0.25, 0.3) is 0 Å². The second kappa shape index (κ2) is 7.05. The summed E-state index contributed by atoms with van der Waals surface area (Å²) in [6, 6.07) is 17.3. The van der Waals surface area contributed by atoms with E-state index in [2.05, 4.69) is 92.3 Å². The van der Waals surface area contributed by atoms with Crippen molar-refractivity contribution in [3.63, 3.8) is 0 Å². The monoisotopic (exact) mass is 401 g/mol. The second-order valence-corrected chi connectivity index (χ2v) is 5.58. The molecule has 0 radical (unpaired) electrons. The minimum atomic E-state index is 0. The van der Waals surface area contributed by atoms with Gasteiger partial charge in [0.15, 0.2) is 6.20 Å². The van der Waals surface area contributed by atoms with Crippen LogP contribution in [0.1, 0.15) is 22.3 Å². The minimum Gasteiger partial charge on any atom is -1.00 e. The van der Waals surface area contributed by atoms with E-state index >= 15 is 0 Å². The van der Waals surface area contributed by atoms with Crippen molar-refractivity contribution in [3.05, 3.63) is 77.0 Å². The summed E-state index contributed by atoms with van der Waals surface area (Å²) < 4.78 is 2.16. The Balaban J connectivity index is 0.00000176. The van der Waals surface area contributed by atoms with Gasteiger partial charge in [0.05, 0.1) is 5.39 Å². The molecule has 1 aromatic heterocycles. The van der Waals surface area contributed by atoms with Crippen LogP contribution in [-0.2, 0) is 7.05 Å². The van der Waals surface area contributed by atoms with E-state index in [0.29, 0.717) is 0 Å². The van der Waals surface area contributed by atoms with Crippen LogP contribution in [0.3, 0.4) is 0 Å². The first-order chi connectivity index (χ1) is 10.1. The first-order valence-corrected chi connectivity index (χ1v) is 7.28. The van der Waals surface area contributed by atoms with Crippen LogP contribution in [0.15, 0.2) is 54.7 Å². The van der Waals surface area contributed by atoms with Crippen LogP contribution in [0, 0.1) is 13.8 Å². The Morgan fingerprint density at radius 3 is 2.41 bits per heavy atom. The second-order valence-electron chi connectivity index (χ2n) is 5.58. The Hall–Kier alpha value is -1.68. The number of halogens is 1. The fourth-order valence-electron chi connectivity index (χ4n) is 2.59. The summed E-state index contributed by atoms with van der Waals surface area (Å²) in [5.41, 5.74) is 6.42. The first kappa shape index (κ1) is 16.7. The molecule has 1 heterocycles. The van der Waals surface area contributed by atoms with Crippen LogP contribution < -0.4 is 28.5 Å². The van der Waals surface area contributed by atoms with Gasteiger partial charge in [0.1, 0.15) is 7.05 Å². The molecule has 0 atom stereocenters. The molecule has 0 aliphatic heterocycles. The average Bonchev–Trinajstić information content (AvgIpc) is 2.50. The highest BCUT2D eigenvalue weighted by atomic mass is 127. The van der Waals surface area contributed by atoms with Crippen molar-refractivity contribution in [3.8, 4) is 0 Å². The number of aromatic nitrogens is 1. The summed E-state index contributed by atoms with van der Waals surface area (Å²) >= 11 is 0. The lowest BCUT2D eigenvalue weighted by atomic mass is 10.0. The molecule has 0 aliphatic rings. The first-order valence-electron chi connectivity index (χ1n) is 7.28.